The van der Waals surface area contributed by atoms with Gasteiger partial charge in [0.15, 0.2) is 0 Å². The van der Waals surface area contributed by atoms with E-state index in [0.29, 0.717) is 18.5 Å². The number of amides is 1. The molecule has 1 atom stereocenters. The van der Waals surface area contributed by atoms with E-state index in [1.807, 2.05) is 31.2 Å². The van der Waals surface area contributed by atoms with Crippen molar-refractivity contribution >= 4 is 17.8 Å². The first-order valence-corrected chi connectivity index (χ1v) is 7.14. The van der Waals surface area contributed by atoms with Crippen LogP contribution in [0.1, 0.15) is 25.3 Å². The number of hydrogen-bond donors (Lipinski definition) is 0. The van der Waals surface area contributed by atoms with Crippen molar-refractivity contribution in [2.24, 2.45) is 4.99 Å². The van der Waals surface area contributed by atoms with Crippen LogP contribution in [-0.4, -0.2) is 29.7 Å². The van der Waals surface area contributed by atoms with Gasteiger partial charge in [0.2, 0.25) is 0 Å². The first-order chi connectivity index (χ1) is 10.4. The number of alkyl halides is 3. The van der Waals surface area contributed by atoms with Gasteiger partial charge in [0, 0.05) is 18.5 Å². The molecule has 1 aromatic carbocycles. The van der Waals surface area contributed by atoms with Crippen molar-refractivity contribution < 1.29 is 18.0 Å². The number of rotatable bonds is 1. The second-order valence-corrected chi connectivity index (χ2v) is 5.45. The Balaban J connectivity index is 2.08. The number of carbonyl (C=O) groups is 1. The molecule has 1 spiro atoms. The van der Waals surface area contributed by atoms with Gasteiger partial charge in [-0.05, 0) is 24.5 Å². The minimum atomic E-state index is -4.87. The van der Waals surface area contributed by atoms with Gasteiger partial charge in [0.1, 0.15) is 0 Å². The molecule has 2 aliphatic rings. The van der Waals surface area contributed by atoms with Crippen LogP contribution >= 0.6 is 0 Å². The highest BCUT2D eigenvalue weighted by atomic mass is 19.4. The van der Waals surface area contributed by atoms with Crippen LogP contribution in [-0.2, 0) is 10.2 Å². The molecule has 22 heavy (non-hydrogen) atoms. The van der Waals surface area contributed by atoms with E-state index in [1.165, 1.54) is 0 Å². The zero-order valence-electron chi connectivity index (χ0n) is 12.0. The second-order valence-electron chi connectivity index (χ2n) is 5.45. The summed E-state index contributed by atoms with van der Waals surface area (Å²) in [7, 11) is 0. The normalized spacial score (nSPS) is 25.3. The van der Waals surface area contributed by atoms with Crippen molar-refractivity contribution in [3.05, 3.63) is 41.6 Å². The van der Waals surface area contributed by atoms with E-state index in [0.717, 1.165) is 16.2 Å². The number of benzene rings is 1. The molecular weight excluding hydrogens is 293 g/mol. The van der Waals surface area contributed by atoms with Crippen LogP contribution in [0.15, 0.2) is 41.0 Å². The molecule has 1 unspecified atom stereocenters. The van der Waals surface area contributed by atoms with E-state index in [2.05, 4.69) is 4.99 Å². The molecule has 2 heterocycles. The molecule has 1 fully saturated rings. The molecule has 0 aliphatic carbocycles. The van der Waals surface area contributed by atoms with Gasteiger partial charge in [0.05, 0.1) is 11.1 Å². The van der Waals surface area contributed by atoms with E-state index in [-0.39, 0.29) is 6.54 Å². The summed E-state index contributed by atoms with van der Waals surface area (Å²) in [6.07, 6.45) is -0.517. The topological polar surface area (TPSA) is 32.7 Å². The highest BCUT2D eigenvalue weighted by Gasteiger charge is 2.53. The summed E-state index contributed by atoms with van der Waals surface area (Å²) in [6.45, 7) is 1.89. The number of para-hydroxylation sites is 1. The molecule has 1 saturated heterocycles. The average Bonchev–Trinajstić information content (AvgIpc) is 3.02. The van der Waals surface area contributed by atoms with Crippen LogP contribution in [0.4, 0.5) is 18.9 Å². The van der Waals surface area contributed by atoms with E-state index < -0.39 is 17.5 Å². The van der Waals surface area contributed by atoms with Gasteiger partial charge in [-0.1, -0.05) is 31.2 Å². The molecular formula is C16H15F3N2O. The lowest BCUT2D eigenvalue weighted by Gasteiger charge is -2.27. The summed E-state index contributed by atoms with van der Waals surface area (Å²) in [5.74, 6) is -1.80. The number of carbonyl (C=O) groups excluding carboxylic acids is 1. The molecule has 0 radical (unpaired) electrons. The zero-order valence-corrected chi connectivity index (χ0v) is 12.0. The molecule has 116 valence electrons. The molecule has 6 heteroatoms. The third-order valence-electron chi connectivity index (χ3n) is 4.17. The Morgan fingerprint density at radius 2 is 2.14 bits per heavy atom. The average molecular weight is 308 g/mol. The maximum atomic E-state index is 12.8. The fourth-order valence-electron chi connectivity index (χ4n) is 3.24. The summed E-state index contributed by atoms with van der Waals surface area (Å²) in [6, 6.07) is 7.38. The number of allylic oxidation sites excluding steroid dienone is 2. The van der Waals surface area contributed by atoms with Gasteiger partial charge < -0.3 is 4.90 Å². The largest absolute Gasteiger partial charge is 0.471 e. The molecule has 1 amide bonds. The van der Waals surface area contributed by atoms with Crippen molar-refractivity contribution in [3.63, 3.8) is 0 Å². The third-order valence-corrected chi connectivity index (χ3v) is 4.17. The maximum absolute atomic E-state index is 12.8. The molecule has 0 aromatic heterocycles. The summed E-state index contributed by atoms with van der Waals surface area (Å²) in [5, 5.41) is 0. The third kappa shape index (κ3) is 2.05. The lowest BCUT2D eigenvalue weighted by Crippen LogP contribution is -2.40. The minimum Gasteiger partial charge on any atom is -0.307 e. The van der Waals surface area contributed by atoms with Crippen LogP contribution in [0.3, 0.4) is 0 Å². The molecule has 1 aromatic rings. The van der Waals surface area contributed by atoms with E-state index in [9.17, 15) is 18.0 Å². The van der Waals surface area contributed by atoms with Crippen LogP contribution in [0.25, 0.3) is 0 Å². The Bertz CT molecular complexity index is 678. The number of nitrogens with zero attached hydrogens (tertiary/aromatic N) is 2. The Morgan fingerprint density at radius 1 is 1.41 bits per heavy atom. The molecule has 2 aliphatic heterocycles. The van der Waals surface area contributed by atoms with Gasteiger partial charge in [0.25, 0.3) is 0 Å². The molecule has 3 nitrogen and oxygen atoms in total. The van der Waals surface area contributed by atoms with Crippen molar-refractivity contribution in [3.8, 4) is 0 Å². The predicted molar refractivity (Wildman–Crippen MR) is 77.0 cm³/mol. The Kier molecular flexibility index (Phi) is 3.34. The van der Waals surface area contributed by atoms with Gasteiger partial charge in [-0.2, -0.15) is 13.2 Å². The van der Waals surface area contributed by atoms with Crippen LogP contribution < -0.4 is 0 Å². The smallest absolute Gasteiger partial charge is 0.307 e. The lowest BCUT2D eigenvalue weighted by molar-refractivity contribution is -0.182. The summed E-state index contributed by atoms with van der Waals surface area (Å²) in [5.41, 5.74) is 1.30. The van der Waals surface area contributed by atoms with Gasteiger partial charge >= 0.3 is 12.1 Å². The van der Waals surface area contributed by atoms with Crippen LogP contribution in [0.5, 0.6) is 0 Å². The van der Waals surface area contributed by atoms with Gasteiger partial charge in [-0.25, -0.2) is 0 Å². The fourth-order valence-corrected chi connectivity index (χ4v) is 3.24. The highest BCUT2D eigenvalue weighted by Crippen LogP contribution is 2.49. The maximum Gasteiger partial charge on any atom is 0.471 e. The fraction of sp³-hybridized carbons (Fsp3) is 0.375. The van der Waals surface area contributed by atoms with Crippen molar-refractivity contribution in [2.75, 3.05) is 6.54 Å². The van der Waals surface area contributed by atoms with E-state index in [4.69, 9.17) is 0 Å². The number of hydrogen-bond acceptors (Lipinski definition) is 2. The zero-order chi connectivity index (χ0) is 16.0. The monoisotopic (exact) mass is 308 g/mol. The molecule has 0 N–H and O–H groups in total. The van der Waals surface area contributed by atoms with Crippen molar-refractivity contribution in [2.45, 2.75) is 31.4 Å². The standard InChI is InChI=1S/C16H15F3N2O/c1-2-5-13-15(8-9-21(13)14(22)16(17,18)19)10-20-12-7-4-3-6-11(12)15/h3-7,10H,2,8-9H2,1H3/b13-5+. The molecule has 0 bridgehead atoms. The highest BCUT2D eigenvalue weighted by molar-refractivity contribution is 5.93. The number of likely N-dealkylation sites (tertiary alicyclic amines) is 1. The van der Waals surface area contributed by atoms with Gasteiger partial charge in [-0.15, -0.1) is 0 Å². The molecule has 3 rings (SSSR count). The Hall–Kier alpha value is -2.11. The van der Waals surface area contributed by atoms with E-state index >= 15 is 0 Å². The Morgan fingerprint density at radius 3 is 2.82 bits per heavy atom. The van der Waals surface area contributed by atoms with E-state index in [1.54, 1.807) is 12.3 Å². The number of fused-ring (bicyclic) bond motifs is 2. The van der Waals surface area contributed by atoms with Crippen molar-refractivity contribution in [1.82, 2.24) is 4.90 Å². The van der Waals surface area contributed by atoms with Gasteiger partial charge in [-0.3, -0.25) is 9.79 Å². The second kappa shape index (κ2) is 4.97. The lowest BCUT2D eigenvalue weighted by atomic mass is 9.78. The van der Waals surface area contributed by atoms with Crippen LogP contribution in [0.2, 0.25) is 0 Å². The molecule has 0 saturated carbocycles. The summed E-state index contributed by atoms with van der Waals surface area (Å²) < 4.78 is 38.5. The first kappa shape index (κ1) is 14.8. The summed E-state index contributed by atoms with van der Waals surface area (Å²) >= 11 is 0. The number of halogens is 3. The first-order valence-electron chi connectivity index (χ1n) is 7.14. The predicted octanol–water partition coefficient (Wildman–Crippen LogP) is 3.73. The van der Waals surface area contributed by atoms with Crippen molar-refractivity contribution in [1.29, 1.82) is 0 Å². The minimum absolute atomic E-state index is 0.0462. The Labute approximate surface area is 126 Å². The quantitative estimate of drug-likeness (QED) is 0.778. The number of aliphatic imine (C=N–C) groups is 1. The van der Waals surface area contributed by atoms with Crippen LogP contribution in [0, 0.1) is 0 Å². The SMILES string of the molecule is CC/C=C1/N(C(=O)C(F)(F)F)CCC12C=Nc1ccccc12. The summed E-state index contributed by atoms with van der Waals surface area (Å²) in [4.78, 5) is 16.9.